The number of methoxy groups -OCH3 is 1. The highest BCUT2D eigenvalue weighted by molar-refractivity contribution is 5.81. The molecular weight excluding hydrogens is 532 g/mol. The number of para-hydroxylation sites is 2. The minimum Gasteiger partial charge on any atom is -0.496 e. The van der Waals surface area contributed by atoms with E-state index in [1.165, 1.54) is 0 Å². The summed E-state index contributed by atoms with van der Waals surface area (Å²) in [4.78, 5) is 13.6. The minimum atomic E-state index is -1.01. The van der Waals surface area contributed by atoms with Crippen LogP contribution in [0, 0.1) is 0 Å². The van der Waals surface area contributed by atoms with Crippen LogP contribution in [-0.4, -0.2) is 28.8 Å². The van der Waals surface area contributed by atoms with E-state index in [4.69, 9.17) is 4.74 Å². The highest BCUT2D eigenvalue weighted by atomic mass is 16.5. The van der Waals surface area contributed by atoms with Gasteiger partial charge in [-0.1, -0.05) is 127 Å². The molecule has 0 saturated carbocycles. The second-order valence-corrected chi connectivity index (χ2v) is 10.7. The molecule has 0 aliphatic carbocycles. The second-order valence-electron chi connectivity index (χ2n) is 10.7. The molecule has 214 valence electrons. The first kappa shape index (κ1) is 28.0. The third-order valence-electron chi connectivity index (χ3n) is 8.25. The van der Waals surface area contributed by atoms with Gasteiger partial charge in [0.25, 0.3) is 0 Å². The fraction of sp³-hybridized carbons (Fsp3) is 0.132. The third-order valence-corrected chi connectivity index (χ3v) is 8.25. The lowest BCUT2D eigenvalue weighted by molar-refractivity contribution is -0.141. The fourth-order valence-corrected chi connectivity index (χ4v) is 6.24. The van der Waals surface area contributed by atoms with Crippen molar-refractivity contribution >= 4 is 16.9 Å². The highest BCUT2D eigenvalue weighted by Crippen LogP contribution is 2.39. The van der Waals surface area contributed by atoms with Crippen LogP contribution in [0.3, 0.4) is 0 Å². The van der Waals surface area contributed by atoms with E-state index >= 15 is 0 Å². The highest BCUT2D eigenvalue weighted by Gasteiger charge is 2.43. The topological polar surface area (TPSA) is 63.5 Å². The zero-order valence-corrected chi connectivity index (χ0v) is 24.0. The van der Waals surface area contributed by atoms with E-state index < -0.39 is 23.6 Å². The standard InChI is InChI=1S/C38H34N2O3/c1-43-35-24-14-12-16-29(35)27-34(40-26-25-28-15-11-13-23-33(28)40)36(37(41)42)39-38(30-17-5-2-6-18-30,31-19-7-3-8-20-31)32-21-9-4-10-22-32/h2-26,34,36,39H,27H2,1H3,(H,41,42)/t34-,36-/m1/s1. The quantitative estimate of drug-likeness (QED) is 0.160. The number of rotatable bonds is 11. The maximum atomic E-state index is 13.6. The molecule has 0 radical (unpaired) electrons. The van der Waals surface area contributed by atoms with Crippen LogP contribution in [0.2, 0.25) is 0 Å². The Morgan fingerprint density at radius 1 is 0.721 bits per heavy atom. The van der Waals surface area contributed by atoms with Gasteiger partial charge in [-0.2, -0.15) is 0 Å². The van der Waals surface area contributed by atoms with E-state index in [1.807, 2.05) is 109 Å². The smallest absolute Gasteiger partial charge is 0.322 e. The number of fused-ring (bicyclic) bond motifs is 1. The van der Waals surface area contributed by atoms with Gasteiger partial charge >= 0.3 is 5.97 Å². The molecule has 5 nitrogen and oxygen atoms in total. The van der Waals surface area contributed by atoms with E-state index in [1.54, 1.807) is 7.11 Å². The minimum absolute atomic E-state index is 0.432. The number of hydrogen-bond donors (Lipinski definition) is 2. The van der Waals surface area contributed by atoms with Crippen molar-refractivity contribution in [1.29, 1.82) is 0 Å². The molecule has 5 aromatic carbocycles. The number of nitrogens with zero attached hydrogens (tertiary/aromatic N) is 1. The van der Waals surface area contributed by atoms with Crippen LogP contribution in [0.15, 0.2) is 152 Å². The van der Waals surface area contributed by atoms with Crippen molar-refractivity contribution < 1.29 is 14.6 Å². The summed E-state index contributed by atoms with van der Waals surface area (Å²) < 4.78 is 7.82. The summed E-state index contributed by atoms with van der Waals surface area (Å²) in [6.07, 6.45) is 2.43. The number of carbonyl (C=O) groups is 1. The van der Waals surface area contributed by atoms with Crippen molar-refractivity contribution in [2.45, 2.75) is 24.0 Å². The summed E-state index contributed by atoms with van der Waals surface area (Å²) in [5.74, 6) is -0.210. The molecule has 43 heavy (non-hydrogen) atoms. The van der Waals surface area contributed by atoms with Crippen molar-refractivity contribution in [2.75, 3.05) is 7.11 Å². The Kier molecular flexibility index (Phi) is 8.07. The zero-order valence-electron chi connectivity index (χ0n) is 24.0. The van der Waals surface area contributed by atoms with Crippen LogP contribution in [0.1, 0.15) is 28.3 Å². The van der Waals surface area contributed by atoms with Gasteiger partial charge in [-0.25, -0.2) is 0 Å². The molecule has 0 unspecified atom stereocenters. The lowest BCUT2D eigenvalue weighted by Gasteiger charge is -2.41. The summed E-state index contributed by atoms with van der Waals surface area (Å²) >= 11 is 0. The van der Waals surface area contributed by atoms with Gasteiger partial charge in [0, 0.05) is 11.7 Å². The van der Waals surface area contributed by atoms with Crippen LogP contribution < -0.4 is 10.1 Å². The molecule has 0 aliphatic heterocycles. The van der Waals surface area contributed by atoms with Crippen LogP contribution in [0.25, 0.3) is 10.9 Å². The van der Waals surface area contributed by atoms with E-state index in [9.17, 15) is 9.90 Å². The summed E-state index contributed by atoms with van der Waals surface area (Å²) in [5.41, 5.74) is 3.80. The SMILES string of the molecule is COc1ccccc1C[C@H]([C@@H](NC(c1ccccc1)(c1ccccc1)c1ccccc1)C(=O)O)n1ccc2ccccc21. The van der Waals surface area contributed by atoms with Crippen LogP contribution >= 0.6 is 0 Å². The largest absolute Gasteiger partial charge is 0.496 e. The van der Waals surface area contributed by atoms with Crippen LogP contribution in [0.5, 0.6) is 5.75 Å². The Bertz CT molecular complexity index is 1700. The number of ether oxygens (including phenoxy) is 1. The number of aliphatic carboxylic acids is 1. The van der Waals surface area contributed by atoms with Crippen molar-refractivity contribution in [3.8, 4) is 5.75 Å². The molecule has 0 fully saturated rings. The van der Waals surface area contributed by atoms with Crippen molar-refractivity contribution in [3.63, 3.8) is 0 Å². The van der Waals surface area contributed by atoms with Crippen molar-refractivity contribution in [3.05, 3.63) is 174 Å². The van der Waals surface area contributed by atoms with E-state index in [0.29, 0.717) is 6.42 Å². The van der Waals surface area contributed by atoms with Gasteiger partial charge < -0.3 is 14.4 Å². The van der Waals surface area contributed by atoms with Crippen molar-refractivity contribution in [1.82, 2.24) is 9.88 Å². The van der Waals surface area contributed by atoms with Gasteiger partial charge in [-0.05, 0) is 52.3 Å². The van der Waals surface area contributed by atoms with Gasteiger partial charge in [0.1, 0.15) is 11.8 Å². The fourth-order valence-electron chi connectivity index (χ4n) is 6.24. The van der Waals surface area contributed by atoms with Gasteiger partial charge in [-0.3, -0.25) is 10.1 Å². The first-order chi connectivity index (χ1) is 21.1. The Labute approximate surface area is 252 Å². The van der Waals surface area contributed by atoms with Gasteiger partial charge in [0.2, 0.25) is 0 Å². The first-order valence-electron chi connectivity index (χ1n) is 14.5. The predicted molar refractivity (Wildman–Crippen MR) is 171 cm³/mol. The molecule has 1 aromatic heterocycles. The van der Waals surface area contributed by atoms with E-state index in [0.717, 1.165) is 38.9 Å². The van der Waals surface area contributed by atoms with Crippen LogP contribution in [-0.2, 0) is 16.8 Å². The maximum absolute atomic E-state index is 13.6. The van der Waals surface area contributed by atoms with Gasteiger partial charge in [-0.15, -0.1) is 0 Å². The Balaban J connectivity index is 1.59. The molecule has 2 N–H and O–H groups in total. The zero-order chi connectivity index (χ0) is 29.6. The monoisotopic (exact) mass is 566 g/mol. The summed E-state index contributed by atoms with van der Waals surface area (Å²) in [7, 11) is 1.65. The normalized spacial score (nSPS) is 13.0. The number of nitrogens with one attached hydrogen (secondary N) is 1. The molecule has 0 bridgehead atoms. The number of aromatic nitrogens is 1. The molecule has 0 spiro atoms. The summed E-state index contributed by atoms with van der Waals surface area (Å²) in [6.45, 7) is 0. The Morgan fingerprint density at radius 2 is 1.23 bits per heavy atom. The van der Waals surface area contributed by atoms with E-state index in [2.05, 4.69) is 52.3 Å². The second kappa shape index (κ2) is 12.4. The Morgan fingerprint density at radius 3 is 1.79 bits per heavy atom. The lowest BCUT2D eigenvalue weighted by atomic mass is 9.76. The predicted octanol–water partition coefficient (Wildman–Crippen LogP) is 7.47. The van der Waals surface area contributed by atoms with Gasteiger partial charge in [0.15, 0.2) is 0 Å². The summed E-state index contributed by atoms with van der Waals surface area (Å²) in [5, 5.41) is 15.9. The molecule has 0 saturated heterocycles. The number of carboxylic acid groups (broad SMARTS) is 1. The summed E-state index contributed by atoms with van der Waals surface area (Å²) in [6, 6.07) is 46.7. The molecule has 0 aliphatic rings. The molecule has 6 rings (SSSR count). The first-order valence-corrected chi connectivity index (χ1v) is 14.5. The van der Waals surface area contributed by atoms with Crippen molar-refractivity contribution in [2.24, 2.45) is 0 Å². The number of carboxylic acids is 1. The average Bonchev–Trinajstić information content (AvgIpc) is 3.50. The van der Waals surface area contributed by atoms with Gasteiger partial charge in [0.05, 0.1) is 18.7 Å². The molecule has 2 atom stereocenters. The number of hydrogen-bond acceptors (Lipinski definition) is 3. The third kappa shape index (κ3) is 5.43. The molecule has 0 amide bonds. The number of benzene rings is 5. The molecular formula is C38H34N2O3. The molecule has 6 aromatic rings. The Hall–Kier alpha value is -5.13. The van der Waals surface area contributed by atoms with E-state index in [-0.39, 0.29) is 0 Å². The maximum Gasteiger partial charge on any atom is 0.322 e. The average molecular weight is 567 g/mol. The molecule has 1 heterocycles. The molecule has 5 heteroatoms. The van der Waals surface area contributed by atoms with Crippen LogP contribution in [0.4, 0.5) is 0 Å². The lowest BCUT2D eigenvalue weighted by Crippen LogP contribution is -2.56.